The van der Waals surface area contributed by atoms with Gasteiger partial charge >= 0.3 is 0 Å². The molecule has 1 fully saturated rings. The zero-order valence-electron chi connectivity index (χ0n) is 12.8. The Bertz CT molecular complexity index is 654. The average molecular weight is 317 g/mol. The average Bonchev–Trinajstić information content (AvgIpc) is 3.05. The third-order valence-corrected chi connectivity index (χ3v) is 5.13. The van der Waals surface area contributed by atoms with E-state index in [-0.39, 0.29) is 5.91 Å². The molecule has 1 aliphatic heterocycles. The minimum Gasteiger partial charge on any atom is -0.497 e. The largest absolute Gasteiger partial charge is 0.497 e. The van der Waals surface area contributed by atoms with Crippen LogP contribution in [0.15, 0.2) is 24.3 Å². The van der Waals surface area contributed by atoms with Crippen molar-refractivity contribution in [1.82, 2.24) is 15.1 Å². The summed E-state index contributed by atoms with van der Waals surface area (Å²) in [6.07, 6.45) is 2.10. The molecule has 0 spiro atoms. The number of rotatable bonds is 3. The highest BCUT2D eigenvalue weighted by molar-refractivity contribution is 7.14. The minimum absolute atomic E-state index is 0.143. The van der Waals surface area contributed by atoms with Gasteiger partial charge in [0.15, 0.2) is 0 Å². The first kappa shape index (κ1) is 15.0. The van der Waals surface area contributed by atoms with Gasteiger partial charge in [0, 0.05) is 31.5 Å². The molecule has 1 aromatic heterocycles. The normalized spacial score (nSPS) is 18.3. The molecule has 0 radical (unpaired) electrons. The van der Waals surface area contributed by atoms with Gasteiger partial charge in [-0.2, -0.15) is 0 Å². The van der Waals surface area contributed by atoms with Crippen LogP contribution in [-0.4, -0.2) is 41.2 Å². The summed E-state index contributed by atoms with van der Waals surface area (Å²) in [5.74, 6) is 1.28. The quantitative estimate of drug-likeness (QED) is 0.873. The van der Waals surface area contributed by atoms with Gasteiger partial charge in [-0.1, -0.05) is 11.3 Å². The van der Waals surface area contributed by atoms with E-state index in [4.69, 9.17) is 4.74 Å². The first-order valence-electron chi connectivity index (χ1n) is 7.40. The van der Waals surface area contributed by atoms with Crippen molar-refractivity contribution in [2.75, 3.05) is 20.2 Å². The van der Waals surface area contributed by atoms with Crippen LogP contribution in [0.1, 0.15) is 30.7 Å². The van der Waals surface area contributed by atoms with Crippen molar-refractivity contribution < 1.29 is 9.53 Å². The third kappa shape index (κ3) is 3.11. The molecule has 1 amide bonds. The number of methoxy groups -OCH3 is 1. The highest BCUT2D eigenvalue weighted by Crippen LogP contribution is 2.33. The lowest BCUT2D eigenvalue weighted by Crippen LogP contribution is -2.37. The number of aromatic nitrogens is 2. The maximum Gasteiger partial charge on any atom is 0.219 e. The van der Waals surface area contributed by atoms with Crippen molar-refractivity contribution in [2.24, 2.45) is 0 Å². The Morgan fingerprint density at radius 3 is 2.77 bits per heavy atom. The molecule has 1 aromatic carbocycles. The first-order valence-corrected chi connectivity index (χ1v) is 8.22. The monoisotopic (exact) mass is 317 g/mol. The fourth-order valence-corrected chi connectivity index (χ4v) is 3.69. The smallest absolute Gasteiger partial charge is 0.219 e. The molecule has 0 N–H and O–H groups in total. The molecule has 1 aliphatic rings. The maximum atomic E-state index is 11.5. The van der Waals surface area contributed by atoms with E-state index in [0.717, 1.165) is 47.3 Å². The molecular weight excluding hydrogens is 298 g/mol. The minimum atomic E-state index is 0.143. The number of hydrogen-bond donors (Lipinski definition) is 0. The van der Waals surface area contributed by atoms with Gasteiger partial charge in [0.2, 0.25) is 5.91 Å². The van der Waals surface area contributed by atoms with Crippen LogP contribution in [0.4, 0.5) is 0 Å². The van der Waals surface area contributed by atoms with Crippen LogP contribution in [0.2, 0.25) is 0 Å². The summed E-state index contributed by atoms with van der Waals surface area (Å²) in [5, 5.41) is 10.6. The number of nitrogens with zero attached hydrogens (tertiary/aromatic N) is 3. The van der Waals surface area contributed by atoms with Gasteiger partial charge in [0.25, 0.3) is 0 Å². The zero-order valence-corrected chi connectivity index (χ0v) is 13.6. The van der Waals surface area contributed by atoms with E-state index in [0.29, 0.717) is 5.92 Å². The highest BCUT2D eigenvalue weighted by atomic mass is 32.1. The summed E-state index contributed by atoms with van der Waals surface area (Å²) < 4.78 is 5.17. The first-order chi connectivity index (χ1) is 10.7. The Balaban J connectivity index is 1.76. The van der Waals surface area contributed by atoms with Gasteiger partial charge in [-0.05, 0) is 37.1 Å². The van der Waals surface area contributed by atoms with Crippen LogP contribution in [0.5, 0.6) is 5.75 Å². The van der Waals surface area contributed by atoms with E-state index in [2.05, 4.69) is 10.2 Å². The molecular formula is C16H19N3O2S. The summed E-state index contributed by atoms with van der Waals surface area (Å²) in [7, 11) is 1.65. The second-order valence-electron chi connectivity index (χ2n) is 5.48. The Morgan fingerprint density at radius 2 is 2.09 bits per heavy atom. The number of ether oxygens (including phenoxy) is 1. The van der Waals surface area contributed by atoms with E-state index in [9.17, 15) is 4.79 Å². The van der Waals surface area contributed by atoms with Gasteiger partial charge in [-0.3, -0.25) is 4.79 Å². The van der Waals surface area contributed by atoms with E-state index in [1.165, 1.54) is 0 Å². The molecule has 2 heterocycles. The van der Waals surface area contributed by atoms with E-state index < -0.39 is 0 Å². The lowest BCUT2D eigenvalue weighted by atomic mass is 9.99. The van der Waals surface area contributed by atoms with Gasteiger partial charge in [-0.25, -0.2) is 0 Å². The lowest BCUT2D eigenvalue weighted by Gasteiger charge is -2.30. The molecule has 0 unspecified atom stereocenters. The summed E-state index contributed by atoms with van der Waals surface area (Å²) in [5.41, 5.74) is 1.05. The Morgan fingerprint density at radius 1 is 1.32 bits per heavy atom. The molecule has 3 rings (SSSR count). The molecule has 22 heavy (non-hydrogen) atoms. The van der Waals surface area contributed by atoms with Crippen molar-refractivity contribution in [1.29, 1.82) is 0 Å². The van der Waals surface area contributed by atoms with Crippen LogP contribution in [0, 0.1) is 0 Å². The van der Waals surface area contributed by atoms with Crippen molar-refractivity contribution in [2.45, 2.75) is 25.7 Å². The zero-order chi connectivity index (χ0) is 15.5. The topological polar surface area (TPSA) is 55.3 Å². The van der Waals surface area contributed by atoms with Gasteiger partial charge in [0.1, 0.15) is 15.8 Å². The number of carbonyl (C=O) groups excluding carboxylic acids is 1. The van der Waals surface area contributed by atoms with Gasteiger partial charge in [-0.15, -0.1) is 10.2 Å². The Hall–Kier alpha value is -1.95. The molecule has 5 nitrogen and oxygen atoms in total. The van der Waals surface area contributed by atoms with Crippen LogP contribution in [0.3, 0.4) is 0 Å². The summed E-state index contributed by atoms with van der Waals surface area (Å²) in [6.45, 7) is 3.24. The number of piperidine rings is 1. The number of hydrogen-bond acceptors (Lipinski definition) is 5. The number of amides is 1. The SMILES string of the molecule is COc1ccc(-c2nnc([C@@H]3CCCN(C(C)=O)C3)s2)cc1. The summed E-state index contributed by atoms with van der Waals surface area (Å²) >= 11 is 1.62. The molecule has 0 saturated carbocycles. The van der Waals surface area contributed by atoms with Crippen LogP contribution in [0.25, 0.3) is 10.6 Å². The predicted molar refractivity (Wildman–Crippen MR) is 86.1 cm³/mol. The number of benzene rings is 1. The molecule has 1 atom stereocenters. The van der Waals surface area contributed by atoms with Gasteiger partial charge < -0.3 is 9.64 Å². The standard InChI is InChI=1S/C16H19N3O2S/c1-11(20)19-9-3-4-13(10-19)16-18-17-15(22-16)12-5-7-14(21-2)8-6-12/h5-8,13H,3-4,9-10H2,1-2H3/t13-/m1/s1. The second-order valence-corrected chi connectivity index (χ2v) is 6.49. The van der Waals surface area contributed by atoms with Crippen molar-refractivity contribution >= 4 is 17.2 Å². The van der Waals surface area contributed by atoms with Crippen molar-refractivity contribution in [3.8, 4) is 16.3 Å². The molecule has 0 aliphatic carbocycles. The Kier molecular flexibility index (Phi) is 4.38. The maximum absolute atomic E-state index is 11.5. The molecule has 2 aromatic rings. The number of carbonyl (C=O) groups is 1. The molecule has 6 heteroatoms. The van der Waals surface area contributed by atoms with Gasteiger partial charge in [0.05, 0.1) is 7.11 Å². The van der Waals surface area contributed by atoms with E-state index in [1.807, 2.05) is 29.2 Å². The van der Waals surface area contributed by atoms with Crippen LogP contribution >= 0.6 is 11.3 Å². The summed E-state index contributed by atoms with van der Waals surface area (Å²) in [4.78, 5) is 13.4. The fraction of sp³-hybridized carbons (Fsp3) is 0.438. The Labute approximate surface area is 133 Å². The lowest BCUT2D eigenvalue weighted by molar-refractivity contribution is -0.130. The van der Waals surface area contributed by atoms with Crippen LogP contribution in [-0.2, 0) is 4.79 Å². The number of likely N-dealkylation sites (tertiary alicyclic amines) is 1. The second kappa shape index (κ2) is 6.44. The fourth-order valence-electron chi connectivity index (χ4n) is 2.71. The predicted octanol–water partition coefficient (Wildman–Crippen LogP) is 2.94. The highest BCUT2D eigenvalue weighted by Gasteiger charge is 2.25. The van der Waals surface area contributed by atoms with E-state index >= 15 is 0 Å². The summed E-state index contributed by atoms with van der Waals surface area (Å²) in [6, 6.07) is 7.83. The van der Waals surface area contributed by atoms with Crippen molar-refractivity contribution in [3.05, 3.63) is 29.3 Å². The third-order valence-electron chi connectivity index (χ3n) is 3.99. The van der Waals surface area contributed by atoms with E-state index in [1.54, 1.807) is 25.4 Å². The molecule has 1 saturated heterocycles. The van der Waals surface area contributed by atoms with Crippen LogP contribution < -0.4 is 4.74 Å². The van der Waals surface area contributed by atoms with Crippen molar-refractivity contribution in [3.63, 3.8) is 0 Å². The molecule has 116 valence electrons. The molecule has 0 bridgehead atoms.